The molecule has 0 radical (unpaired) electrons. The van der Waals surface area contributed by atoms with E-state index in [1.54, 1.807) is 18.2 Å². The minimum absolute atomic E-state index is 0.113. The third kappa shape index (κ3) is 3.43. The molecular formula is C18H17N3O3. The number of carbonyl (C=O) groups is 1. The van der Waals surface area contributed by atoms with Gasteiger partial charge in [0.2, 0.25) is 0 Å². The highest BCUT2D eigenvalue weighted by Gasteiger charge is 2.15. The molecule has 122 valence electrons. The van der Waals surface area contributed by atoms with E-state index in [1.165, 1.54) is 0 Å². The van der Waals surface area contributed by atoms with Crippen molar-refractivity contribution in [2.24, 2.45) is 0 Å². The molecule has 0 atom stereocenters. The Bertz CT molecular complexity index is 841. The van der Waals surface area contributed by atoms with Crippen molar-refractivity contribution in [2.75, 3.05) is 11.9 Å². The monoisotopic (exact) mass is 323 g/mol. The van der Waals surface area contributed by atoms with Crippen LogP contribution in [0.1, 0.15) is 22.8 Å². The Morgan fingerprint density at radius 1 is 1.17 bits per heavy atom. The zero-order chi connectivity index (χ0) is 16.9. The van der Waals surface area contributed by atoms with E-state index >= 15 is 0 Å². The first kappa shape index (κ1) is 15.7. The number of hydrogen-bond donors (Lipinski definition) is 1. The summed E-state index contributed by atoms with van der Waals surface area (Å²) in [7, 11) is 0. The number of amides is 1. The number of hydrogen-bond acceptors (Lipinski definition) is 5. The number of aromatic nitrogens is 2. The number of carbonyl (C=O) groups excluding carboxylic acids is 1. The van der Waals surface area contributed by atoms with Crippen molar-refractivity contribution in [1.82, 2.24) is 10.1 Å². The molecule has 0 aliphatic heterocycles. The minimum Gasteiger partial charge on any atom is -0.493 e. The van der Waals surface area contributed by atoms with Crippen molar-refractivity contribution in [3.8, 4) is 17.2 Å². The predicted molar refractivity (Wildman–Crippen MR) is 90.0 cm³/mol. The topological polar surface area (TPSA) is 77.2 Å². The zero-order valence-corrected chi connectivity index (χ0v) is 13.4. The van der Waals surface area contributed by atoms with Crippen molar-refractivity contribution in [3.63, 3.8) is 0 Å². The summed E-state index contributed by atoms with van der Waals surface area (Å²) < 4.78 is 10.7. The molecule has 0 spiro atoms. The molecule has 0 aliphatic rings. The largest absolute Gasteiger partial charge is 0.493 e. The van der Waals surface area contributed by atoms with Crippen LogP contribution in [0.4, 0.5) is 5.95 Å². The molecule has 0 bridgehead atoms. The van der Waals surface area contributed by atoms with Gasteiger partial charge in [0.05, 0.1) is 12.2 Å². The second-order valence-electron chi connectivity index (χ2n) is 5.17. The molecule has 6 heteroatoms. The van der Waals surface area contributed by atoms with Gasteiger partial charge < -0.3 is 9.26 Å². The van der Waals surface area contributed by atoms with Crippen LogP contribution in [0.5, 0.6) is 5.75 Å². The van der Waals surface area contributed by atoms with E-state index in [0.717, 1.165) is 11.1 Å². The lowest BCUT2D eigenvalue weighted by Crippen LogP contribution is -2.14. The highest BCUT2D eigenvalue weighted by atomic mass is 16.5. The summed E-state index contributed by atoms with van der Waals surface area (Å²) in [6, 6.07) is 14.7. The van der Waals surface area contributed by atoms with Gasteiger partial charge in [0.1, 0.15) is 5.75 Å². The molecule has 0 aliphatic carbocycles. The predicted octanol–water partition coefficient (Wildman–Crippen LogP) is 3.70. The van der Waals surface area contributed by atoms with Crippen LogP contribution in [-0.2, 0) is 0 Å². The summed E-state index contributed by atoms with van der Waals surface area (Å²) in [4.78, 5) is 16.6. The maximum atomic E-state index is 12.4. The highest BCUT2D eigenvalue weighted by Crippen LogP contribution is 2.21. The summed E-state index contributed by atoms with van der Waals surface area (Å²) in [5, 5.41) is 6.42. The van der Waals surface area contributed by atoms with Gasteiger partial charge in [0, 0.05) is 5.56 Å². The maximum absolute atomic E-state index is 12.4. The Morgan fingerprint density at radius 3 is 2.67 bits per heavy atom. The van der Waals surface area contributed by atoms with Crippen molar-refractivity contribution in [1.29, 1.82) is 0 Å². The van der Waals surface area contributed by atoms with E-state index in [-0.39, 0.29) is 11.9 Å². The first-order valence-electron chi connectivity index (χ1n) is 7.61. The molecule has 0 saturated carbocycles. The molecule has 24 heavy (non-hydrogen) atoms. The van der Waals surface area contributed by atoms with E-state index < -0.39 is 0 Å². The summed E-state index contributed by atoms with van der Waals surface area (Å²) >= 11 is 0. The molecule has 1 amide bonds. The molecule has 1 aromatic heterocycles. The fourth-order valence-electron chi connectivity index (χ4n) is 2.19. The van der Waals surface area contributed by atoms with Crippen molar-refractivity contribution in [2.45, 2.75) is 13.8 Å². The van der Waals surface area contributed by atoms with Crippen LogP contribution in [0.2, 0.25) is 0 Å². The van der Waals surface area contributed by atoms with Crippen LogP contribution in [0, 0.1) is 6.92 Å². The summed E-state index contributed by atoms with van der Waals surface area (Å²) in [5.74, 6) is 0.625. The lowest BCUT2D eigenvalue weighted by atomic mass is 10.1. The van der Waals surface area contributed by atoms with Gasteiger partial charge in [-0.25, -0.2) is 0 Å². The van der Waals surface area contributed by atoms with Crippen LogP contribution in [0.25, 0.3) is 11.5 Å². The molecule has 0 unspecified atom stereocenters. The maximum Gasteiger partial charge on any atom is 0.270 e. The Labute approximate surface area is 139 Å². The van der Waals surface area contributed by atoms with E-state index in [2.05, 4.69) is 15.5 Å². The van der Waals surface area contributed by atoms with Gasteiger partial charge in [-0.05, 0) is 43.3 Å². The lowest BCUT2D eigenvalue weighted by molar-refractivity contribution is 0.102. The fraction of sp³-hybridized carbons (Fsp3) is 0.167. The lowest BCUT2D eigenvalue weighted by Gasteiger charge is -2.08. The van der Waals surface area contributed by atoms with Gasteiger partial charge >= 0.3 is 0 Å². The normalized spacial score (nSPS) is 10.4. The second kappa shape index (κ2) is 6.95. The Kier molecular flexibility index (Phi) is 4.56. The van der Waals surface area contributed by atoms with Gasteiger partial charge in [-0.2, -0.15) is 4.98 Å². The molecule has 0 saturated heterocycles. The van der Waals surface area contributed by atoms with Gasteiger partial charge in [-0.15, -0.1) is 0 Å². The van der Waals surface area contributed by atoms with E-state index in [4.69, 9.17) is 9.26 Å². The third-order valence-electron chi connectivity index (χ3n) is 3.38. The quantitative estimate of drug-likeness (QED) is 0.774. The number of benzene rings is 2. The van der Waals surface area contributed by atoms with Gasteiger partial charge in [0.15, 0.2) is 0 Å². The first-order valence-corrected chi connectivity index (χ1v) is 7.61. The van der Waals surface area contributed by atoms with Crippen molar-refractivity contribution in [3.05, 3.63) is 59.7 Å². The SMILES string of the molecule is CCOc1ccccc1C(=O)Nc1noc(-c2ccc(C)cc2)n1. The number of rotatable bonds is 5. The Hall–Kier alpha value is -3.15. The van der Waals surface area contributed by atoms with Crippen molar-refractivity contribution >= 4 is 11.9 Å². The first-order chi connectivity index (χ1) is 11.7. The average Bonchev–Trinajstić information content (AvgIpc) is 3.05. The second-order valence-corrected chi connectivity index (χ2v) is 5.17. The molecule has 0 fully saturated rings. The van der Waals surface area contributed by atoms with Gasteiger partial charge in [0.25, 0.3) is 17.7 Å². The van der Waals surface area contributed by atoms with Crippen LogP contribution in [0.3, 0.4) is 0 Å². The van der Waals surface area contributed by atoms with Gasteiger partial charge in [-0.1, -0.05) is 29.8 Å². The number of nitrogens with zero attached hydrogens (tertiary/aromatic N) is 2. The van der Waals surface area contributed by atoms with Crippen LogP contribution >= 0.6 is 0 Å². The molecule has 6 nitrogen and oxygen atoms in total. The Balaban J connectivity index is 1.77. The van der Waals surface area contributed by atoms with E-state index in [0.29, 0.717) is 23.8 Å². The number of anilines is 1. The fourth-order valence-corrected chi connectivity index (χ4v) is 2.19. The number of para-hydroxylation sites is 1. The molecule has 2 aromatic carbocycles. The molecule has 3 rings (SSSR count). The summed E-state index contributed by atoms with van der Waals surface area (Å²) in [5.41, 5.74) is 2.35. The molecular weight excluding hydrogens is 306 g/mol. The van der Waals surface area contributed by atoms with Crippen molar-refractivity contribution < 1.29 is 14.1 Å². The number of ether oxygens (including phenoxy) is 1. The zero-order valence-electron chi connectivity index (χ0n) is 13.4. The highest BCUT2D eigenvalue weighted by molar-refractivity contribution is 6.05. The van der Waals surface area contributed by atoms with E-state index in [9.17, 15) is 4.79 Å². The summed E-state index contributed by atoms with van der Waals surface area (Å²) in [6.45, 7) is 4.34. The standard InChI is InChI=1S/C18H17N3O3/c1-3-23-15-7-5-4-6-14(15)16(22)19-18-20-17(24-21-18)13-10-8-12(2)9-11-13/h4-11H,3H2,1-2H3,(H,19,21,22). The minimum atomic E-state index is -0.352. The average molecular weight is 323 g/mol. The smallest absolute Gasteiger partial charge is 0.270 e. The third-order valence-corrected chi connectivity index (χ3v) is 3.38. The molecule has 1 heterocycles. The molecule has 3 aromatic rings. The molecule has 1 N–H and O–H groups in total. The van der Waals surface area contributed by atoms with Crippen LogP contribution in [-0.4, -0.2) is 22.7 Å². The number of nitrogens with one attached hydrogen (secondary N) is 1. The number of aryl methyl sites for hydroxylation is 1. The van der Waals surface area contributed by atoms with Crippen LogP contribution in [0.15, 0.2) is 53.1 Å². The van der Waals surface area contributed by atoms with E-state index in [1.807, 2.05) is 44.2 Å². The van der Waals surface area contributed by atoms with Gasteiger partial charge in [-0.3, -0.25) is 10.1 Å². The summed E-state index contributed by atoms with van der Waals surface area (Å²) in [6.07, 6.45) is 0. The Morgan fingerprint density at radius 2 is 1.92 bits per heavy atom. The van der Waals surface area contributed by atoms with Crippen LogP contribution < -0.4 is 10.1 Å².